The SMILES string of the molecule is Cc1ccc(CC2C(C)(C)CCCC2(O)C(F)(F)F)cc1. The van der Waals surface area contributed by atoms with Crippen LogP contribution in [-0.2, 0) is 6.42 Å². The van der Waals surface area contributed by atoms with Crippen molar-refractivity contribution in [2.24, 2.45) is 11.3 Å². The maximum absolute atomic E-state index is 13.4. The zero-order valence-electron chi connectivity index (χ0n) is 12.8. The molecule has 0 aromatic heterocycles. The molecule has 1 saturated carbocycles. The highest BCUT2D eigenvalue weighted by molar-refractivity contribution is 5.23. The number of aryl methyl sites for hydroxylation is 1. The van der Waals surface area contributed by atoms with Crippen LogP contribution < -0.4 is 0 Å². The van der Waals surface area contributed by atoms with Crippen molar-refractivity contribution in [1.82, 2.24) is 0 Å². The van der Waals surface area contributed by atoms with E-state index in [9.17, 15) is 18.3 Å². The van der Waals surface area contributed by atoms with Gasteiger partial charge < -0.3 is 5.11 Å². The minimum Gasteiger partial charge on any atom is -0.380 e. The maximum atomic E-state index is 13.4. The second kappa shape index (κ2) is 5.31. The highest BCUT2D eigenvalue weighted by Crippen LogP contribution is 2.53. The molecule has 1 aromatic carbocycles. The molecule has 4 heteroatoms. The smallest absolute Gasteiger partial charge is 0.380 e. The standard InChI is InChI=1S/C17H23F3O/c1-12-5-7-13(8-6-12)11-14-15(2,3)9-4-10-16(14,21)17(18,19)20/h5-8,14,21H,4,9-11H2,1-3H3. The Morgan fingerprint density at radius 1 is 1.14 bits per heavy atom. The van der Waals surface area contributed by atoms with Gasteiger partial charge in [-0.05, 0) is 43.6 Å². The summed E-state index contributed by atoms with van der Waals surface area (Å²) in [7, 11) is 0. The predicted molar refractivity (Wildman–Crippen MR) is 77.0 cm³/mol. The molecular weight excluding hydrogens is 277 g/mol. The van der Waals surface area contributed by atoms with Gasteiger partial charge in [0.1, 0.15) is 0 Å². The van der Waals surface area contributed by atoms with Crippen molar-refractivity contribution in [2.75, 3.05) is 0 Å². The van der Waals surface area contributed by atoms with Crippen LogP contribution in [0.15, 0.2) is 24.3 Å². The van der Waals surface area contributed by atoms with Crippen LogP contribution in [0.1, 0.15) is 44.2 Å². The highest BCUT2D eigenvalue weighted by atomic mass is 19.4. The van der Waals surface area contributed by atoms with Crippen molar-refractivity contribution in [3.8, 4) is 0 Å². The number of aliphatic hydroxyl groups is 1. The predicted octanol–water partition coefficient (Wildman–Crippen LogP) is 4.66. The number of hydrogen-bond donors (Lipinski definition) is 1. The van der Waals surface area contributed by atoms with Gasteiger partial charge in [0.15, 0.2) is 5.60 Å². The number of hydrogen-bond acceptors (Lipinski definition) is 1. The zero-order chi connectivity index (χ0) is 15.9. The van der Waals surface area contributed by atoms with Gasteiger partial charge in [-0.25, -0.2) is 0 Å². The van der Waals surface area contributed by atoms with E-state index < -0.39 is 23.1 Å². The lowest BCUT2D eigenvalue weighted by molar-refractivity contribution is -0.302. The Bertz CT molecular complexity index is 490. The molecule has 2 unspecified atom stereocenters. The lowest BCUT2D eigenvalue weighted by Gasteiger charge is -2.50. The van der Waals surface area contributed by atoms with Gasteiger partial charge in [-0.2, -0.15) is 13.2 Å². The monoisotopic (exact) mass is 300 g/mol. The summed E-state index contributed by atoms with van der Waals surface area (Å²) < 4.78 is 40.3. The van der Waals surface area contributed by atoms with Crippen molar-refractivity contribution in [1.29, 1.82) is 0 Å². The maximum Gasteiger partial charge on any atom is 0.417 e. The van der Waals surface area contributed by atoms with E-state index >= 15 is 0 Å². The van der Waals surface area contributed by atoms with Crippen LogP contribution in [0.3, 0.4) is 0 Å². The van der Waals surface area contributed by atoms with Gasteiger partial charge in [0, 0.05) is 5.92 Å². The van der Waals surface area contributed by atoms with Crippen LogP contribution in [0, 0.1) is 18.3 Å². The summed E-state index contributed by atoms with van der Waals surface area (Å²) in [5, 5.41) is 10.4. The molecule has 1 N–H and O–H groups in total. The van der Waals surface area contributed by atoms with Crippen LogP contribution in [-0.4, -0.2) is 16.9 Å². The first-order chi connectivity index (χ1) is 9.56. The topological polar surface area (TPSA) is 20.2 Å². The third kappa shape index (κ3) is 3.10. The molecule has 0 aliphatic heterocycles. The van der Waals surface area contributed by atoms with E-state index in [2.05, 4.69) is 0 Å². The van der Waals surface area contributed by atoms with Crippen molar-refractivity contribution in [3.63, 3.8) is 0 Å². The van der Waals surface area contributed by atoms with E-state index in [-0.39, 0.29) is 12.8 Å². The Balaban J connectivity index is 2.35. The lowest BCUT2D eigenvalue weighted by atomic mass is 9.59. The first-order valence-corrected chi connectivity index (χ1v) is 7.41. The normalized spacial score (nSPS) is 29.4. The van der Waals surface area contributed by atoms with E-state index in [4.69, 9.17) is 0 Å². The molecule has 0 heterocycles. The fraction of sp³-hybridized carbons (Fsp3) is 0.647. The fourth-order valence-electron chi connectivity index (χ4n) is 3.55. The van der Waals surface area contributed by atoms with E-state index in [1.807, 2.05) is 45.0 Å². The Morgan fingerprint density at radius 2 is 1.71 bits per heavy atom. The Morgan fingerprint density at radius 3 is 2.24 bits per heavy atom. The van der Waals surface area contributed by atoms with Gasteiger partial charge in [-0.3, -0.25) is 0 Å². The molecular formula is C17H23F3O. The summed E-state index contributed by atoms with van der Waals surface area (Å²) in [6.07, 6.45) is -3.41. The molecule has 2 atom stereocenters. The molecule has 0 amide bonds. The van der Waals surface area contributed by atoms with Crippen molar-refractivity contribution in [2.45, 2.75) is 58.2 Å². The van der Waals surface area contributed by atoms with E-state index in [1.165, 1.54) is 0 Å². The number of benzene rings is 1. The second-order valence-corrected chi connectivity index (χ2v) is 7.01. The third-order valence-electron chi connectivity index (χ3n) is 4.95. The molecule has 0 spiro atoms. The fourth-order valence-corrected chi connectivity index (χ4v) is 3.55. The average Bonchev–Trinajstić information content (AvgIpc) is 2.34. The minimum atomic E-state index is -4.58. The molecule has 1 aromatic rings. The van der Waals surface area contributed by atoms with Crippen molar-refractivity contribution >= 4 is 0 Å². The first kappa shape index (κ1) is 16.3. The molecule has 21 heavy (non-hydrogen) atoms. The van der Waals surface area contributed by atoms with Crippen LogP contribution in [0.25, 0.3) is 0 Å². The molecule has 0 radical (unpaired) electrons. The first-order valence-electron chi connectivity index (χ1n) is 7.41. The summed E-state index contributed by atoms with van der Waals surface area (Å²) >= 11 is 0. The molecule has 1 fully saturated rings. The average molecular weight is 300 g/mol. The molecule has 0 bridgehead atoms. The largest absolute Gasteiger partial charge is 0.417 e. The van der Waals surface area contributed by atoms with Gasteiger partial charge in [0.05, 0.1) is 0 Å². The minimum absolute atomic E-state index is 0.198. The van der Waals surface area contributed by atoms with Gasteiger partial charge >= 0.3 is 6.18 Å². The van der Waals surface area contributed by atoms with Crippen molar-refractivity contribution < 1.29 is 18.3 Å². The van der Waals surface area contributed by atoms with Crippen LogP contribution in [0.5, 0.6) is 0 Å². The van der Waals surface area contributed by atoms with E-state index in [0.717, 1.165) is 11.1 Å². The Kier molecular flexibility index (Phi) is 4.13. The quantitative estimate of drug-likeness (QED) is 0.842. The molecule has 0 saturated heterocycles. The third-order valence-corrected chi connectivity index (χ3v) is 4.95. The molecule has 1 nitrogen and oxygen atoms in total. The molecule has 2 rings (SSSR count). The van der Waals surface area contributed by atoms with Gasteiger partial charge in [0.2, 0.25) is 0 Å². The summed E-state index contributed by atoms with van der Waals surface area (Å²) in [4.78, 5) is 0. The van der Waals surface area contributed by atoms with Gasteiger partial charge in [-0.15, -0.1) is 0 Å². The molecule has 1 aliphatic carbocycles. The second-order valence-electron chi connectivity index (χ2n) is 7.01. The molecule has 118 valence electrons. The van der Waals surface area contributed by atoms with Gasteiger partial charge in [0.25, 0.3) is 0 Å². The highest BCUT2D eigenvalue weighted by Gasteiger charge is 2.62. The number of halogens is 3. The number of rotatable bonds is 2. The van der Waals surface area contributed by atoms with Gasteiger partial charge in [-0.1, -0.05) is 43.7 Å². The zero-order valence-corrected chi connectivity index (χ0v) is 12.8. The van der Waals surface area contributed by atoms with Crippen LogP contribution in [0.2, 0.25) is 0 Å². The summed E-state index contributed by atoms with van der Waals surface area (Å²) in [5.41, 5.74) is -1.19. The molecule has 1 aliphatic rings. The van der Waals surface area contributed by atoms with E-state index in [0.29, 0.717) is 12.8 Å². The summed E-state index contributed by atoms with van der Waals surface area (Å²) in [5.74, 6) is -0.818. The summed E-state index contributed by atoms with van der Waals surface area (Å²) in [6, 6.07) is 7.52. The van der Waals surface area contributed by atoms with Crippen LogP contribution >= 0.6 is 0 Å². The Labute approximate surface area is 124 Å². The lowest BCUT2D eigenvalue weighted by Crippen LogP contribution is -2.58. The van der Waals surface area contributed by atoms with Crippen LogP contribution in [0.4, 0.5) is 13.2 Å². The summed E-state index contributed by atoms with van der Waals surface area (Å²) in [6.45, 7) is 5.61. The van der Waals surface area contributed by atoms with Crippen molar-refractivity contribution in [3.05, 3.63) is 35.4 Å². The number of alkyl halides is 3. The van der Waals surface area contributed by atoms with E-state index in [1.54, 1.807) is 0 Å². The Hall–Kier alpha value is -1.03.